The fraction of sp³-hybridized carbons (Fsp3) is 0.300. The van der Waals surface area contributed by atoms with Crippen LogP contribution in [0, 0.1) is 0 Å². The monoisotopic (exact) mass is 661 g/mol. The zero-order valence-corrected chi connectivity index (χ0v) is 28.9. The highest BCUT2D eigenvalue weighted by Gasteiger charge is 2.48. The molecule has 0 saturated carbocycles. The highest BCUT2D eigenvalue weighted by Crippen LogP contribution is 2.52. The molecule has 0 fully saturated rings. The zero-order chi connectivity index (χ0) is 34.2. The number of Topliss-reactive ketones (excluding diaryl/α,β-unsaturated/α-hetero) is 1. The minimum absolute atomic E-state index is 0.0393. The van der Waals surface area contributed by atoms with Crippen LogP contribution in [0.4, 0.5) is 11.4 Å². The van der Waals surface area contributed by atoms with Crippen LogP contribution in [-0.2, 0) is 25.7 Å². The number of hydrogen-bond donors (Lipinski definition) is 2. The predicted molar refractivity (Wildman–Crippen MR) is 193 cm³/mol. The van der Waals surface area contributed by atoms with Gasteiger partial charge in [-0.15, -0.1) is 0 Å². The van der Waals surface area contributed by atoms with Gasteiger partial charge in [-0.25, -0.2) is 0 Å². The highest BCUT2D eigenvalue weighted by atomic mass is 32.2. The van der Waals surface area contributed by atoms with Gasteiger partial charge < -0.3 is 10.0 Å². The lowest BCUT2D eigenvalue weighted by Crippen LogP contribution is -2.32. The van der Waals surface area contributed by atoms with E-state index in [4.69, 9.17) is 0 Å². The Kier molecular flexibility index (Phi) is 7.53. The van der Waals surface area contributed by atoms with Crippen molar-refractivity contribution in [1.29, 1.82) is 0 Å². The lowest BCUT2D eigenvalue weighted by atomic mass is 9.76. The van der Waals surface area contributed by atoms with E-state index in [1.54, 1.807) is 6.08 Å². The van der Waals surface area contributed by atoms with Crippen molar-refractivity contribution in [3.63, 3.8) is 0 Å². The molecule has 2 N–H and O–H groups in total. The van der Waals surface area contributed by atoms with Gasteiger partial charge in [0.15, 0.2) is 5.71 Å². The maximum Gasteiger partial charge on any atom is 0.264 e. The van der Waals surface area contributed by atoms with Gasteiger partial charge >= 0.3 is 0 Å². The molecule has 0 radical (unpaired) electrons. The molecule has 0 aromatic heterocycles. The van der Waals surface area contributed by atoms with Crippen molar-refractivity contribution in [3.05, 3.63) is 119 Å². The summed E-state index contributed by atoms with van der Waals surface area (Å²) in [6.07, 6.45) is 4.75. The van der Waals surface area contributed by atoms with Crippen LogP contribution in [0.1, 0.15) is 58.6 Å². The minimum atomic E-state index is -4.14. The number of fused-ring (bicyclic) bond motifs is 6. The minimum Gasteiger partial charge on any atom is -0.506 e. The Balaban J connectivity index is 1.33. The first-order chi connectivity index (χ1) is 22.8. The summed E-state index contributed by atoms with van der Waals surface area (Å²) < 4.78 is 34.9. The molecular weight excluding hydrogens is 621 g/mol. The van der Waals surface area contributed by atoms with Gasteiger partial charge in [0, 0.05) is 47.5 Å². The van der Waals surface area contributed by atoms with E-state index in [9.17, 15) is 22.9 Å². The molecule has 3 aliphatic rings. The second kappa shape index (κ2) is 11.3. The van der Waals surface area contributed by atoms with Crippen LogP contribution in [0.3, 0.4) is 0 Å². The molecule has 0 atom stereocenters. The van der Waals surface area contributed by atoms with Crippen LogP contribution in [0.5, 0.6) is 0 Å². The van der Waals surface area contributed by atoms with Gasteiger partial charge in [-0.1, -0.05) is 75.4 Å². The Morgan fingerprint density at radius 3 is 2.08 bits per heavy atom. The number of carbonyl (C=O) groups excluding carboxylic acids is 1. The second-order valence-corrected chi connectivity index (χ2v) is 15.7. The molecule has 48 heavy (non-hydrogen) atoms. The largest absolute Gasteiger partial charge is 0.506 e. The summed E-state index contributed by atoms with van der Waals surface area (Å²) in [6, 6.07) is 24.9. The first-order valence-corrected chi connectivity index (χ1v) is 18.2. The predicted octanol–water partition coefficient (Wildman–Crippen LogP) is 8.06. The van der Waals surface area contributed by atoms with Gasteiger partial charge in [0.1, 0.15) is 12.3 Å². The number of aliphatic hydroxyl groups is 1. The zero-order valence-electron chi connectivity index (χ0n) is 28.0. The molecule has 7 nitrogen and oxygen atoms in total. The number of anilines is 1. The van der Waals surface area contributed by atoms with Crippen LogP contribution < -0.4 is 4.90 Å². The van der Waals surface area contributed by atoms with Gasteiger partial charge in [-0.2, -0.15) is 13.0 Å². The van der Waals surface area contributed by atoms with E-state index >= 15 is 0 Å². The summed E-state index contributed by atoms with van der Waals surface area (Å²) in [6.45, 7) is 11.8. The topological polar surface area (TPSA) is 97.9 Å². The first-order valence-electron chi connectivity index (χ1n) is 16.6. The van der Waals surface area contributed by atoms with Gasteiger partial charge in [0.05, 0.1) is 22.3 Å². The average Bonchev–Trinajstić information content (AvgIpc) is 3.40. The van der Waals surface area contributed by atoms with E-state index in [0.717, 1.165) is 52.1 Å². The lowest BCUT2D eigenvalue weighted by Gasteiger charge is -2.29. The number of allylic oxidation sites excluding steroid dienone is 5. The van der Waals surface area contributed by atoms with Crippen molar-refractivity contribution in [2.24, 2.45) is 0 Å². The van der Waals surface area contributed by atoms with E-state index < -0.39 is 20.9 Å². The van der Waals surface area contributed by atoms with Crippen molar-refractivity contribution >= 4 is 54.5 Å². The molecule has 0 bridgehead atoms. The van der Waals surface area contributed by atoms with E-state index in [1.165, 1.54) is 16.3 Å². The molecule has 4 aromatic rings. The molecule has 4 aromatic carbocycles. The van der Waals surface area contributed by atoms with Crippen LogP contribution in [0.15, 0.2) is 108 Å². The molecule has 7 rings (SSSR count). The first kappa shape index (κ1) is 32.0. The normalized spacial score (nSPS) is 20.0. The molecular formula is C40H41N2O5S+. The van der Waals surface area contributed by atoms with Crippen molar-refractivity contribution in [1.82, 2.24) is 0 Å². The maximum atomic E-state index is 14.0. The van der Waals surface area contributed by atoms with Crippen LogP contribution in [0.2, 0.25) is 0 Å². The molecule has 0 amide bonds. The summed E-state index contributed by atoms with van der Waals surface area (Å²) in [5, 5.41) is 16.1. The molecule has 0 spiro atoms. The molecule has 2 aliphatic heterocycles. The molecule has 0 unspecified atom stereocenters. The number of aliphatic hydroxyl groups excluding tert-OH is 1. The van der Waals surface area contributed by atoms with Crippen LogP contribution >= 0.6 is 0 Å². The fourth-order valence-electron chi connectivity index (χ4n) is 8.09. The number of ketones is 1. The van der Waals surface area contributed by atoms with E-state index in [2.05, 4.69) is 81.7 Å². The fourth-order valence-corrected chi connectivity index (χ4v) is 8.58. The second-order valence-electron chi connectivity index (χ2n) is 14.1. The van der Waals surface area contributed by atoms with E-state index in [1.807, 2.05) is 41.3 Å². The van der Waals surface area contributed by atoms with Gasteiger partial charge in [-0.05, 0) is 65.6 Å². The quantitative estimate of drug-likeness (QED) is 0.113. The Bertz CT molecular complexity index is 2290. The molecule has 0 saturated heterocycles. The summed E-state index contributed by atoms with van der Waals surface area (Å²) in [5.74, 6) is -0.641. The summed E-state index contributed by atoms with van der Waals surface area (Å²) in [4.78, 5) is 16.0. The van der Waals surface area contributed by atoms with Crippen LogP contribution in [-0.4, -0.2) is 53.0 Å². The summed E-state index contributed by atoms with van der Waals surface area (Å²) >= 11 is 0. The number of rotatable bonds is 8. The number of carbonyl (C=O) groups is 1. The molecule has 2 heterocycles. The Morgan fingerprint density at radius 2 is 1.46 bits per heavy atom. The smallest absolute Gasteiger partial charge is 0.264 e. The Labute approximate surface area is 282 Å². The third kappa shape index (κ3) is 4.92. The van der Waals surface area contributed by atoms with Crippen molar-refractivity contribution in [2.75, 3.05) is 23.7 Å². The van der Waals surface area contributed by atoms with E-state index in [0.29, 0.717) is 12.1 Å². The third-order valence-electron chi connectivity index (χ3n) is 10.3. The van der Waals surface area contributed by atoms with Crippen molar-refractivity contribution in [3.8, 4) is 0 Å². The lowest BCUT2D eigenvalue weighted by molar-refractivity contribution is -0.437. The standard InChI is InChI=1S/C40H40N2O5S/c1-6-20-41-31-18-16-25-12-7-9-14-27(25)35(31)39(2,3)33(41)23-29-37(43)30(38(29)44)24-34-40(4,5)36-28-15-10-8-13-26(28)17-19-32(36)42(34)21-11-22-48(45,46)47/h7-10,12-19,23-24H,6,11,20-22H2,1-5H3,(H-,43,44,45,46,47)/p+1. The Morgan fingerprint density at radius 1 is 0.833 bits per heavy atom. The number of hydrogen-bond acceptors (Lipinski definition) is 5. The third-order valence-corrected chi connectivity index (χ3v) is 11.1. The molecule has 1 aliphatic carbocycles. The van der Waals surface area contributed by atoms with Crippen molar-refractivity contribution in [2.45, 2.75) is 58.3 Å². The van der Waals surface area contributed by atoms with Crippen LogP contribution in [0.25, 0.3) is 21.5 Å². The van der Waals surface area contributed by atoms with Gasteiger partial charge in [-0.3, -0.25) is 9.35 Å². The van der Waals surface area contributed by atoms with Gasteiger partial charge in [0.25, 0.3) is 10.1 Å². The summed E-state index contributed by atoms with van der Waals surface area (Å²) in [5.41, 5.74) is 5.67. The maximum absolute atomic E-state index is 14.0. The van der Waals surface area contributed by atoms with E-state index in [-0.39, 0.29) is 29.3 Å². The number of nitrogens with zero attached hydrogens (tertiary/aromatic N) is 2. The molecule has 246 valence electrons. The van der Waals surface area contributed by atoms with Gasteiger partial charge in [0.2, 0.25) is 11.5 Å². The number of benzene rings is 4. The SMILES string of the molecule is CCC[N+]1=C(/C=C2/C(=O)C(/C=C3/N(CCCS(=O)(=O)O)c4ccc5ccccc5c4C3(C)C)=C2O)C(C)(C)c2c1ccc1ccccc21. The highest BCUT2D eigenvalue weighted by molar-refractivity contribution is 7.85. The Hall–Kier alpha value is -4.53. The van der Waals surface area contributed by atoms with Crippen molar-refractivity contribution < 1.29 is 27.4 Å². The summed E-state index contributed by atoms with van der Waals surface area (Å²) in [7, 11) is -4.14. The average molecular weight is 662 g/mol. The molecule has 8 heteroatoms.